The fourth-order valence-electron chi connectivity index (χ4n) is 2.98. The van der Waals surface area contributed by atoms with Gasteiger partial charge in [-0.3, -0.25) is 9.59 Å². The predicted molar refractivity (Wildman–Crippen MR) is 69.0 cm³/mol. The van der Waals surface area contributed by atoms with Gasteiger partial charge < -0.3 is 15.1 Å². The molecule has 18 heavy (non-hydrogen) atoms. The Morgan fingerprint density at radius 2 is 1.83 bits per heavy atom. The van der Waals surface area contributed by atoms with Crippen molar-refractivity contribution in [3.63, 3.8) is 0 Å². The summed E-state index contributed by atoms with van der Waals surface area (Å²) >= 11 is 0. The van der Waals surface area contributed by atoms with E-state index in [0.717, 1.165) is 32.2 Å². The quantitative estimate of drug-likeness (QED) is 0.757. The van der Waals surface area contributed by atoms with E-state index in [1.54, 1.807) is 11.9 Å². The molecule has 5 nitrogen and oxygen atoms in total. The average molecular weight is 253 g/mol. The standard InChI is InChI=1S/C13H23N3O2/c1-14-12(17)11-9-15(2)7-8-16(11)13(18)10-5-3-4-6-10/h10-11H,3-9H2,1-2H3,(H,14,17). The van der Waals surface area contributed by atoms with Crippen molar-refractivity contribution in [1.29, 1.82) is 0 Å². The number of piperazine rings is 1. The van der Waals surface area contributed by atoms with E-state index in [9.17, 15) is 9.59 Å². The first kappa shape index (κ1) is 13.3. The summed E-state index contributed by atoms with van der Waals surface area (Å²) in [5, 5.41) is 2.67. The van der Waals surface area contributed by atoms with E-state index in [4.69, 9.17) is 0 Å². The molecule has 0 aromatic rings. The molecule has 1 aliphatic heterocycles. The van der Waals surface area contributed by atoms with E-state index >= 15 is 0 Å². The van der Waals surface area contributed by atoms with Gasteiger partial charge in [0.1, 0.15) is 6.04 Å². The van der Waals surface area contributed by atoms with Gasteiger partial charge in [0.05, 0.1) is 0 Å². The monoisotopic (exact) mass is 253 g/mol. The van der Waals surface area contributed by atoms with Crippen molar-refractivity contribution in [2.75, 3.05) is 33.7 Å². The van der Waals surface area contributed by atoms with E-state index in [2.05, 4.69) is 10.2 Å². The van der Waals surface area contributed by atoms with Crippen LogP contribution in [0.3, 0.4) is 0 Å². The van der Waals surface area contributed by atoms with E-state index in [-0.39, 0.29) is 23.8 Å². The van der Waals surface area contributed by atoms with Crippen molar-refractivity contribution in [2.24, 2.45) is 5.92 Å². The smallest absolute Gasteiger partial charge is 0.243 e. The second kappa shape index (κ2) is 5.69. The topological polar surface area (TPSA) is 52.7 Å². The lowest BCUT2D eigenvalue weighted by molar-refractivity contribution is -0.146. The third-order valence-electron chi connectivity index (χ3n) is 4.12. The Kier molecular flexibility index (Phi) is 4.22. The number of hydrogen-bond acceptors (Lipinski definition) is 3. The SMILES string of the molecule is CNC(=O)C1CN(C)CCN1C(=O)C1CCCC1. The summed E-state index contributed by atoms with van der Waals surface area (Å²) in [5.41, 5.74) is 0. The Morgan fingerprint density at radius 1 is 1.17 bits per heavy atom. The minimum absolute atomic E-state index is 0.0482. The second-order valence-corrected chi connectivity index (χ2v) is 5.41. The van der Waals surface area contributed by atoms with Crippen molar-refractivity contribution in [2.45, 2.75) is 31.7 Å². The summed E-state index contributed by atoms with van der Waals surface area (Å²) in [7, 11) is 3.63. The molecule has 1 heterocycles. The van der Waals surface area contributed by atoms with Gasteiger partial charge in [0.2, 0.25) is 11.8 Å². The molecule has 0 bridgehead atoms. The van der Waals surface area contributed by atoms with Crippen molar-refractivity contribution in [1.82, 2.24) is 15.1 Å². The van der Waals surface area contributed by atoms with Crippen molar-refractivity contribution in [3.05, 3.63) is 0 Å². The summed E-state index contributed by atoms with van der Waals surface area (Å²) in [6, 6.07) is -0.318. The van der Waals surface area contributed by atoms with Crippen LogP contribution in [0.2, 0.25) is 0 Å². The first-order chi connectivity index (χ1) is 8.63. The number of rotatable bonds is 2. The minimum atomic E-state index is -0.318. The molecule has 0 aromatic carbocycles. The molecule has 0 spiro atoms. The lowest BCUT2D eigenvalue weighted by Crippen LogP contribution is -2.60. The summed E-state index contributed by atoms with van der Waals surface area (Å²) in [6.45, 7) is 2.16. The molecular formula is C13H23N3O2. The first-order valence-electron chi connectivity index (χ1n) is 6.84. The van der Waals surface area contributed by atoms with Gasteiger partial charge in [0.25, 0.3) is 0 Å². The number of nitrogens with zero attached hydrogens (tertiary/aromatic N) is 2. The van der Waals surface area contributed by atoms with Crippen LogP contribution in [0.1, 0.15) is 25.7 Å². The third kappa shape index (κ3) is 2.66. The molecule has 1 N–H and O–H groups in total. The Balaban J connectivity index is 2.07. The molecule has 0 aromatic heterocycles. The number of carbonyl (C=O) groups is 2. The summed E-state index contributed by atoms with van der Waals surface area (Å²) in [6.07, 6.45) is 4.28. The Morgan fingerprint density at radius 3 is 2.44 bits per heavy atom. The molecule has 1 unspecified atom stereocenters. The molecule has 1 aliphatic carbocycles. The highest BCUT2D eigenvalue weighted by Gasteiger charge is 2.37. The molecule has 2 rings (SSSR count). The van der Waals surface area contributed by atoms with Crippen molar-refractivity contribution >= 4 is 11.8 Å². The zero-order chi connectivity index (χ0) is 13.1. The lowest BCUT2D eigenvalue weighted by atomic mass is 10.0. The van der Waals surface area contributed by atoms with E-state index in [0.29, 0.717) is 13.1 Å². The Bertz CT molecular complexity index is 326. The lowest BCUT2D eigenvalue weighted by Gasteiger charge is -2.40. The highest BCUT2D eigenvalue weighted by molar-refractivity contribution is 5.89. The summed E-state index contributed by atoms with van der Waals surface area (Å²) in [5.74, 6) is 0.294. The van der Waals surface area contributed by atoms with Gasteiger partial charge in [-0.1, -0.05) is 12.8 Å². The number of nitrogens with one attached hydrogen (secondary N) is 1. The van der Waals surface area contributed by atoms with Crippen LogP contribution in [-0.2, 0) is 9.59 Å². The van der Waals surface area contributed by atoms with Gasteiger partial charge >= 0.3 is 0 Å². The van der Waals surface area contributed by atoms with Crippen LogP contribution in [0, 0.1) is 5.92 Å². The van der Waals surface area contributed by atoms with Gasteiger partial charge in [-0.25, -0.2) is 0 Å². The van der Waals surface area contributed by atoms with Crippen molar-refractivity contribution in [3.8, 4) is 0 Å². The highest BCUT2D eigenvalue weighted by Crippen LogP contribution is 2.27. The van der Waals surface area contributed by atoms with Crippen molar-refractivity contribution < 1.29 is 9.59 Å². The molecular weight excluding hydrogens is 230 g/mol. The van der Waals surface area contributed by atoms with Gasteiger partial charge in [-0.05, 0) is 19.9 Å². The van der Waals surface area contributed by atoms with Crippen LogP contribution >= 0.6 is 0 Å². The third-order valence-corrected chi connectivity index (χ3v) is 4.12. The van der Waals surface area contributed by atoms with Crippen LogP contribution in [0.25, 0.3) is 0 Å². The zero-order valence-corrected chi connectivity index (χ0v) is 11.3. The van der Waals surface area contributed by atoms with Crippen LogP contribution in [0.4, 0.5) is 0 Å². The fraction of sp³-hybridized carbons (Fsp3) is 0.846. The molecule has 0 radical (unpaired) electrons. The molecule has 1 saturated heterocycles. The normalized spacial score (nSPS) is 26.3. The van der Waals surface area contributed by atoms with Crippen LogP contribution in [0.15, 0.2) is 0 Å². The number of hydrogen-bond donors (Lipinski definition) is 1. The van der Waals surface area contributed by atoms with E-state index < -0.39 is 0 Å². The van der Waals surface area contributed by atoms with Gasteiger partial charge in [-0.2, -0.15) is 0 Å². The number of likely N-dealkylation sites (N-methyl/N-ethyl adjacent to an activating group) is 2. The highest BCUT2D eigenvalue weighted by atomic mass is 16.2. The minimum Gasteiger partial charge on any atom is -0.357 e. The number of amides is 2. The molecule has 1 saturated carbocycles. The Labute approximate surface area is 108 Å². The summed E-state index contributed by atoms with van der Waals surface area (Å²) < 4.78 is 0. The maximum absolute atomic E-state index is 12.5. The molecule has 5 heteroatoms. The zero-order valence-electron chi connectivity index (χ0n) is 11.3. The molecule has 2 fully saturated rings. The largest absolute Gasteiger partial charge is 0.357 e. The van der Waals surface area contributed by atoms with Crippen LogP contribution in [0.5, 0.6) is 0 Å². The van der Waals surface area contributed by atoms with E-state index in [1.807, 2.05) is 7.05 Å². The second-order valence-electron chi connectivity index (χ2n) is 5.41. The van der Waals surface area contributed by atoms with E-state index in [1.165, 1.54) is 0 Å². The number of carbonyl (C=O) groups excluding carboxylic acids is 2. The van der Waals surface area contributed by atoms with Gasteiger partial charge in [0.15, 0.2) is 0 Å². The first-order valence-corrected chi connectivity index (χ1v) is 6.84. The molecule has 102 valence electrons. The maximum atomic E-state index is 12.5. The van der Waals surface area contributed by atoms with Gasteiger partial charge in [-0.15, -0.1) is 0 Å². The maximum Gasteiger partial charge on any atom is 0.243 e. The van der Waals surface area contributed by atoms with Gasteiger partial charge in [0, 0.05) is 32.6 Å². The van der Waals surface area contributed by atoms with Crippen LogP contribution in [-0.4, -0.2) is 61.4 Å². The van der Waals surface area contributed by atoms with Crippen LogP contribution < -0.4 is 5.32 Å². The fourth-order valence-corrected chi connectivity index (χ4v) is 2.98. The molecule has 2 aliphatic rings. The molecule has 2 amide bonds. The average Bonchev–Trinajstić information content (AvgIpc) is 2.90. The molecule has 1 atom stereocenters. The summed E-state index contributed by atoms with van der Waals surface area (Å²) in [4.78, 5) is 28.3. The predicted octanol–water partition coefficient (Wildman–Crippen LogP) is 0.0652. The Hall–Kier alpha value is -1.10.